The highest BCUT2D eigenvalue weighted by Crippen LogP contribution is 2.27. The largest absolute Gasteiger partial charge is 0.490 e. The molecule has 1 unspecified atom stereocenters. The molecule has 20 heavy (non-hydrogen) atoms. The maximum Gasteiger partial charge on any atom is 0.161 e. The number of para-hydroxylation sites is 2. The summed E-state index contributed by atoms with van der Waals surface area (Å²) in [7, 11) is 0. The molecule has 1 aromatic rings. The predicted octanol–water partition coefficient (Wildman–Crippen LogP) is 4.02. The van der Waals surface area contributed by atoms with Crippen molar-refractivity contribution in [2.75, 3.05) is 13.2 Å². The van der Waals surface area contributed by atoms with E-state index in [9.17, 15) is 0 Å². The van der Waals surface area contributed by atoms with Crippen molar-refractivity contribution in [3.05, 3.63) is 24.3 Å². The van der Waals surface area contributed by atoms with Crippen LogP contribution in [-0.2, 0) is 0 Å². The van der Waals surface area contributed by atoms with Gasteiger partial charge in [0.05, 0.1) is 6.61 Å². The lowest BCUT2D eigenvalue weighted by atomic mass is 10.0. The summed E-state index contributed by atoms with van der Waals surface area (Å²) in [6, 6.07) is 7.87. The average Bonchev–Trinajstić information content (AvgIpc) is 2.44. The zero-order chi connectivity index (χ0) is 15.0. The van der Waals surface area contributed by atoms with Gasteiger partial charge in [0.15, 0.2) is 11.5 Å². The van der Waals surface area contributed by atoms with Crippen LogP contribution in [0.3, 0.4) is 0 Å². The summed E-state index contributed by atoms with van der Waals surface area (Å²) in [5.41, 5.74) is 0.149. The lowest BCUT2D eigenvalue weighted by Crippen LogP contribution is -2.43. The first kappa shape index (κ1) is 16.8. The van der Waals surface area contributed by atoms with E-state index in [0.717, 1.165) is 37.5 Å². The number of rotatable bonds is 9. The van der Waals surface area contributed by atoms with E-state index in [1.54, 1.807) is 0 Å². The molecular formula is C17H29NO2. The molecule has 1 aromatic carbocycles. The smallest absolute Gasteiger partial charge is 0.161 e. The van der Waals surface area contributed by atoms with E-state index in [1.807, 2.05) is 24.3 Å². The van der Waals surface area contributed by atoms with E-state index in [0.29, 0.717) is 0 Å². The summed E-state index contributed by atoms with van der Waals surface area (Å²) in [4.78, 5) is 0. The zero-order valence-electron chi connectivity index (χ0n) is 13.5. The molecular weight excluding hydrogens is 250 g/mol. The Bertz CT molecular complexity index is 390. The molecule has 0 aromatic heterocycles. The molecule has 0 heterocycles. The first-order valence-electron chi connectivity index (χ1n) is 7.62. The molecule has 3 nitrogen and oxygen atoms in total. The van der Waals surface area contributed by atoms with Gasteiger partial charge in [0.25, 0.3) is 0 Å². The van der Waals surface area contributed by atoms with Gasteiger partial charge in [0.1, 0.15) is 6.10 Å². The Labute approximate surface area is 123 Å². The van der Waals surface area contributed by atoms with E-state index in [2.05, 4.69) is 39.9 Å². The molecule has 0 saturated carbocycles. The molecule has 0 saturated heterocycles. The highest BCUT2D eigenvalue weighted by molar-refractivity contribution is 5.39. The van der Waals surface area contributed by atoms with Crippen molar-refractivity contribution < 1.29 is 9.47 Å². The van der Waals surface area contributed by atoms with Crippen LogP contribution in [0.1, 0.15) is 47.5 Å². The van der Waals surface area contributed by atoms with Crippen LogP contribution in [0.5, 0.6) is 11.5 Å². The minimum absolute atomic E-state index is 0.104. The normalized spacial score (nSPS) is 13.1. The number of ether oxygens (including phenoxy) is 2. The van der Waals surface area contributed by atoms with Crippen molar-refractivity contribution in [2.45, 2.75) is 59.1 Å². The van der Waals surface area contributed by atoms with Crippen LogP contribution in [0, 0.1) is 0 Å². The van der Waals surface area contributed by atoms with E-state index in [4.69, 9.17) is 9.47 Å². The fraction of sp³-hybridized carbons (Fsp3) is 0.647. The molecule has 1 atom stereocenters. The maximum absolute atomic E-state index is 5.99. The number of benzene rings is 1. The summed E-state index contributed by atoms with van der Waals surface area (Å²) in [6.07, 6.45) is 2.19. The van der Waals surface area contributed by atoms with E-state index in [-0.39, 0.29) is 11.6 Å². The van der Waals surface area contributed by atoms with Crippen molar-refractivity contribution in [3.63, 3.8) is 0 Å². The molecule has 0 radical (unpaired) electrons. The van der Waals surface area contributed by atoms with E-state index >= 15 is 0 Å². The summed E-state index contributed by atoms with van der Waals surface area (Å²) in [5, 5.41) is 3.53. The molecule has 0 aliphatic carbocycles. The Morgan fingerprint density at radius 3 is 2.40 bits per heavy atom. The minimum atomic E-state index is 0.104. The van der Waals surface area contributed by atoms with Gasteiger partial charge in [0, 0.05) is 12.1 Å². The summed E-state index contributed by atoms with van der Waals surface area (Å²) in [5.74, 6) is 1.65. The third kappa shape index (κ3) is 5.83. The second kappa shape index (κ2) is 8.15. The van der Waals surface area contributed by atoms with Gasteiger partial charge >= 0.3 is 0 Å². The van der Waals surface area contributed by atoms with E-state index in [1.165, 1.54) is 0 Å². The molecule has 114 valence electrons. The molecule has 0 aliphatic rings. The summed E-state index contributed by atoms with van der Waals surface area (Å²) in [6.45, 7) is 12.3. The summed E-state index contributed by atoms with van der Waals surface area (Å²) >= 11 is 0. The lowest BCUT2D eigenvalue weighted by Gasteiger charge is -2.27. The lowest BCUT2D eigenvalue weighted by molar-refractivity contribution is 0.187. The highest BCUT2D eigenvalue weighted by Gasteiger charge is 2.16. The number of hydrogen-bond acceptors (Lipinski definition) is 3. The van der Waals surface area contributed by atoms with Crippen molar-refractivity contribution in [1.82, 2.24) is 5.32 Å². The molecule has 1 rings (SSSR count). The van der Waals surface area contributed by atoms with Gasteiger partial charge in [-0.3, -0.25) is 0 Å². The minimum Gasteiger partial charge on any atom is -0.490 e. The fourth-order valence-corrected chi connectivity index (χ4v) is 1.68. The molecule has 0 aliphatic heterocycles. The van der Waals surface area contributed by atoms with Crippen LogP contribution in [-0.4, -0.2) is 24.8 Å². The Balaban J connectivity index is 2.55. The average molecular weight is 279 g/mol. The van der Waals surface area contributed by atoms with Crippen LogP contribution in [0.2, 0.25) is 0 Å². The van der Waals surface area contributed by atoms with Crippen molar-refractivity contribution in [3.8, 4) is 11.5 Å². The first-order chi connectivity index (χ1) is 9.48. The number of nitrogens with one attached hydrogen (secondary N) is 1. The molecule has 0 fully saturated rings. The zero-order valence-corrected chi connectivity index (χ0v) is 13.5. The van der Waals surface area contributed by atoms with Crippen molar-refractivity contribution in [1.29, 1.82) is 0 Å². The Morgan fingerprint density at radius 2 is 1.80 bits per heavy atom. The Morgan fingerprint density at radius 1 is 1.15 bits per heavy atom. The van der Waals surface area contributed by atoms with Gasteiger partial charge in [0.2, 0.25) is 0 Å². The quantitative estimate of drug-likeness (QED) is 0.740. The molecule has 3 heteroatoms. The molecule has 0 amide bonds. The van der Waals surface area contributed by atoms with Gasteiger partial charge in [-0.25, -0.2) is 0 Å². The van der Waals surface area contributed by atoms with Crippen LogP contribution >= 0.6 is 0 Å². The number of hydrogen-bond donors (Lipinski definition) is 1. The first-order valence-corrected chi connectivity index (χ1v) is 7.62. The molecule has 1 N–H and O–H groups in total. The summed E-state index contributed by atoms with van der Waals surface area (Å²) < 4.78 is 11.7. The second-order valence-electron chi connectivity index (χ2n) is 5.84. The monoisotopic (exact) mass is 279 g/mol. The van der Waals surface area contributed by atoms with E-state index < -0.39 is 0 Å². The topological polar surface area (TPSA) is 30.5 Å². The molecule has 0 spiro atoms. The van der Waals surface area contributed by atoms with Crippen LogP contribution in [0.25, 0.3) is 0 Å². The Kier molecular flexibility index (Phi) is 6.86. The van der Waals surface area contributed by atoms with Gasteiger partial charge in [-0.2, -0.15) is 0 Å². The van der Waals surface area contributed by atoms with Crippen molar-refractivity contribution in [2.24, 2.45) is 0 Å². The van der Waals surface area contributed by atoms with Gasteiger partial charge in [-0.1, -0.05) is 26.0 Å². The Hall–Kier alpha value is -1.22. The van der Waals surface area contributed by atoms with Gasteiger partial charge in [-0.15, -0.1) is 0 Å². The van der Waals surface area contributed by atoms with Crippen LogP contribution in [0.15, 0.2) is 24.3 Å². The fourth-order valence-electron chi connectivity index (χ4n) is 1.68. The van der Waals surface area contributed by atoms with Gasteiger partial charge in [-0.05, 0) is 45.7 Å². The standard InChI is InChI=1S/C17H29NO2/c1-6-12-19-15-10-8-9-11-16(15)20-14(3)13-18-17(4,5)7-2/h8-11,14,18H,6-7,12-13H2,1-5H3. The second-order valence-corrected chi connectivity index (χ2v) is 5.84. The SMILES string of the molecule is CCCOc1ccccc1OC(C)CNC(C)(C)CC. The molecule has 0 bridgehead atoms. The van der Waals surface area contributed by atoms with Gasteiger partial charge < -0.3 is 14.8 Å². The third-order valence-corrected chi connectivity index (χ3v) is 3.39. The third-order valence-electron chi connectivity index (χ3n) is 3.39. The van der Waals surface area contributed by atoms with Crippen LogP contribution < -0.4 is 14.8 Å². The predicted molar refractivity (Wildman–Crippen MR) is 84.7 cm³/mol. The van der Waals surface area contributed by atoms with Crippen molar-refractivity contribution >= 4 is 0 Å². The maximum atomic E-state index is 5.99. The van der Waals surface area contributed by atoms with Crippen LogP contribution in [0.4, 0.5) is 0 Å². The highest BCUT2D eigenvalue weighted by atomic mass is 16.5.